The molecule has 1 fully saturated rings. The maximum Gasteiger partial charge on any atom is 0.287 e. The quantitative estimate of drug-likeness (QED) is 0.829. The molecule has 1 aromatic rings. The average molecular weight is 307 g/mol. The minimum absolute atomic E-state index is 0.0231. The molecule has 1 heterocycles. The topological polar surface area (TPSA) is 74.6 Å². The van der Waals surface area contributed by atoms with E-state index in [-0.39, 0.29) is 30.2 Å². The Morgan fingerprint density at radius 2 is 2.09 bits per heavy atom. The Kier molecular flexibility index (Phi) is 6.00. The summed E-state index contributed by atoms with van der Waals surface area (Å²) in [4.78, 5) is 25.9. The average Bonchev–Trinajstić information content (AvgIpc) is 3.00. The van der Waals surface area contributed by atoms with Crippen LogP contribution in [-0.2, 0) is 4.79 Å². The largest absolute Gasteiger partial charge is 0.459 e. The van der Waals surface area contributed by atoms with Crippen molar-refractivity contribution in [2.45, 2.75) is 31.7 Å². The first-order valence-electron chi connectivity index (χ1n) is 7.82. The van der Waals surface area contributed by atoms with Crippen molar-refractivity contribution in [3.8, 4) is 0 Å². The van der Waals surface area contributed by atoms with E-state index in [1.165, 1.54) is 12.7 Å². The van der Waals surface area contributed by atoms with Crippen LogP contribution >= 0.6 is 0 Å². The molecule has 0 aliphatic heterocycles. The van der Waals surface area contributed by atoms with E-state index in [4.69, 9.17) is 4.42 Å². The minimum Gasteiger partial charge on any atom is -0.459 e. The fourth-order valence-corrected chi connectivity index (χ4v) is 3.00. The number of amides is 2. The molecule has 1 aromatic heterocycles. The van der Waals surface area contributed by atoms with Gasteiger partial charge in [0.15, 0.2) is 5.76 Å². The van der Waals surface area contributed by atoms with Crippen molar-refractivity contribution in [2.75, 3.05) is 27.2 Å². The molecular formula is C16H25N3O3. The highest BCUT2D eigenvalue weighted by Crippen LogP contribution is 2.24. The first-order chi connectivity index (χ1) is 10.6. The van der Waals surface area contributed by atoms with E-state index in [1.54, 1.807) is 12.1 Å². The normalized spacial score (nSPS) is 21.6. The van der Waals surface area contributed by atoms with Crippen molar-refractivity contribution in [3.05, 3.63) is 24.2 Å². The van der Waals surface area contributed by atoms with Crippen LogP contribution in [0.2, 0.25) is 0 Å². The Morgan fingerprint density at radius 3 is 2.77 bits per heavy atom. The minimum atomic E-state index is -0.367. The summed E-state index contributed by atoms with van der Waals surface area (Å²) < 4.78 is 4.99. The predicted octanol–water partition coefficient (Wildman–Crippen LogP) is 1.25. The van der Waals surface area contributed by atoms with Gasteiger partial charge in [0, 0.05) is 12.6 Å². The van der Waals surface area contributed by atoms with Crippen molar-refractivity contribution in [1.82, 2.24) is 15.5 Å². The Bertz CT molecular complexity index is 485. The number of hydrogen-bond donors (Lipinski definition) is 2. The molecule has 0 saturated heterocycles. The zero-order valence-electron chi connectivity index (χ0n) is 13.3. The summed E-state index contributed by atoms with van der Waals surface area (Å²) in [6.07, 6.45) is 5.95. The zero-order chi connectivity index (χ0) is 15.9. The van der Waals surface area contributed by atoms with Crippen LogP contribution in [0.4, 0.5) is 0 Å². The summed E-state index contributed by atoms with van der Waals surface area (Å²) in [7, 11) is 4.11. The van der Waals surface area contributed by atoms with Gasteiger partial charge in [-0.3, -0.25) is 9.59 Å². The molecule has 2 N–H and O–H groups in total. The monoisotopic (exact) mass is 307 g/mol. The number of hydrogen-bond acceptors (Lipinski definition) is 4. The SMILES string of the molecule is CN(C)CC1CCCCC1NC(=O)CNC(=O)c1ccco1. The molecule has 1 saturated carbocycles. The summed E-state index contributed by atoms with van der Waals surface area (Å²) >= 11 is 0. The summed E-state index contributed by atoms with van der Waals surface area (Å²) in [5, 5.41) is 5.64. The number of nitrogens with one attached hydrogen (secondary N) is 2. The first-order valence-corrected chi connectivity index (χ1v) is 7.82. The van der Waals surface area contributed by atoms with Crippen LogP contribution in [0, 0.1) is 5.92 Å². The highest BCUT2D eigenvalue weighted by molar-refractivity contribution is 5.94. The highest BCUT2D eigenvalue weighted by Gasteiger charge is 2.26. The zero-order valence-corrected chi connectivity index (χ0v) is 13.3. The fourth-order valence-electron chi connectivity index (χ4n) is 3.00. The summed E-state index contributed by atoms with van der Waals surface area (Å²) in [6.45, 7) is 0.953. The molecular weight excluding hydrogens is 282 g/mol. The van der Waals surface area contributed by atoms with Gasteiger partial charge in [0.1, 0.15) is 0 Å². The second-order valence-electron chi connectivity index (χ2n) is 6.14. The number of nitrogens with zero attached hydrogens (tertiary/aromatic N) is 1. The summed E-state index contributed by atoms with van der Waals surface area (Å²) in [5.41, 5.74) is 0. The predicted molar refractivity (Wildman–Crippen MR) is 83.5 cm³/mol. The van der Waals surface area contributed by atoms with Crippen LogP contribution in [0.3, 0.4) is 0 Å². The van der Waals surface area contributed by atoms with E-state index in [1.807, 2.05) is 0 Å². The second-order valence-corrected chi connectivity index (χ2v) is 6.14. The molecule has 2 unspecified atom stereocenters. The van der Waals surface area contributed by atoms with Gasteiger partial charge in [-0.15, -0.1) is 0 Å². The summed E-state index contributed by atoms with van der Waals surface area (Å²) in [5.74, 6) is 0.189. The Morgan fingerprint density at radius 1 is 1.32 bits per heavy atom. The van der Waals surface area contributed by atoms with E-state index in [0.29, 0.717) is 5.92 Å². The molecule has 2 rings (SSSR count). The maximum atomic E-state index is 12.0. The third-order valence-electron chi connectivity index (χ3n) is 4.01. The molecule has 0 radical (unpaired) electrons. The molecule has 122 valence electrons. The van der Waals surface area contributed by atoms with E-state index in [9.17, 15) is 9.59 Å². The number of carbonyl (C=O) groups excluding carboxylic acids is 2. The number of rotatable bonds is 6. The van der Waals surface area contributed by atoms with Gasteiger partial charge in [0.2, 0.25) is 5.91 Å². The molecule has 22 heavy (non-hydrogen) atoms. The van der Waals surface area contributed by atoms with Crippen molar-refractivity contribution in [2.24, 2.45) is 5.92 Å². The van der Waals surface area contributed by atoms with Gasteiger partial charge < -0.3 is 20.0 Å². The van der Waals surface area contributed by atoms with Crippen LogP contribution in [0.15, 0.2) is 22.8 Å². The van der Waals surface area contributed by atoms with Gasteiger partial charge >= 0.3 is 0 Å². The molecule has 6 nitrogen and oxygen atoms in total. The Balaban J connectivity index is 1.78. The fraction of sp³-hybridized carbons (Fsp3) is 0.625. The van der Waals surface area contributed by atoms with Gasteiger partial charge in [-0.2, -0.15) is 0 Å². The molecule has 1 aliphatic rings. The standard InChI is InChI=1S/C16H25N3O3/c1-19(2)11-12-6-3-4-7-13(12)18-15(20)10-17-16(21)14-8-5-9-22-14/h5,8-9,12-13H,3-4,6-7,10-11H2,1-2H3,(H,17,21)(H,18,20). The van der Waals surface area contributed by atoms with E-state index < -0.39 is 0 Å². The Hall–Kier alpha value is -1.82. The van der Waals surface area contributed by atoms with Gasteiger partial charge in [0.25, 0.3) is 5.91 Å². The number of furan rings is 1. The van der Waals surface area contributed by atoms with Crippen molar-refractivity contribution in [1.29, 1.82) is 0 Å². The van der Waals surface area contributed by atoms with E-state index in [0.717, 1.165) is 25.8 Å². The first kappa shape index (κ1) is 16.5. The Labute approximate surface area is 131 Å². The second kappa shape index (κ2) is 7.98. The lowest BCUT2D eigenvalue weighted by Crippen LogP contribution is -2.48. The maximum absolute atomic E-state index is 12.0. The molecule has 2 atom stereocenters. The van der Waals surface area contributed by atoms with Crippen LogP contribution in [0.1, 0.15) is 36.2 Å². The number of carbonyl (C=O) groups is 2. The van der Waals surface area contributed by atoms with Crippen LogP contribution < -0.4 is 10.6 Å². The molecule has 1 aliphatic carbocycles. The molecule has 0 spiro atoms. The molecule has 6 heteroatoms. The molecule has 2 amide bonds. The molecule has 0 aromatic carbocycles. The van der Waals surface area contributed by atoms with Gasteiger partial charge in [-0.25, -0.2) is 0 Å². The van der Waals surface area contributed by atoms with Crippen LogP contribution in [0.5, 0.6) is 0 Å². The van der Waals surface area contributed by atoms with E-state index >= 15 is 0 Å². The third kappa shape index (κ3) is 4.87. The van der Waals surface area contributed by atoms with Crippen LogP contribution in [0.25, 0.3) is 0 Å². The van der Waals surface area contributed by atoms with Crippen molar-refractivity contribution >= 4 is 11.8 Å². The van der Waals surface area contributed by atoms with Crippen molar-refractivity contribution in [3.63, 3.8) is 0 Å². The van der Waals surface area contributed by atoms with Crippen molar-refractivity contribution < 1.29 is 14.0 Å². The third-order valence-corrected chi connectivity index (χ3v) is 4.01. The van der Waals surface area contributed by atoms with Crippen LogP contribution in [-0.4, -0.2) is 49.9 Å². The lowest BCUT2D eigenvalue weighted by molar-refractivity contribution is -0.121. The lowest BCUT2D eigenvalue weighted by Gasteiger charge is -2.34. The summed E-state index contributed by atoms with van der Waals surface area (Å²) in [6, 6.07) is 3.41. The lowest BCUT2D eigenvalue weighted by atomic mass is 9.84. The molecule has 0 bridgehead atoms. The highest BCUT2D eigenvalue weighted by atomic mass is 16.3. The van der Waals surface area contributed by atoms with E-state index in [2.05, 4.69) is 29.6 Å². The van der Waals surface area contributed by atoms with Gasteiger partial charge in [-0.1, -0.05) is 12.8 Å². The van der Waals surface area contributed by atoms with Gasteiger partial charge in [0.05, 0.1) is 12.8 Å². The van der Waals surface area contributed by atoms with Gasteiger partial charge in [-0.05, 0) is 45.0 Å². The smallest absolute Gasteiger partial charge is 0.287 e.